The SMILES string of the molecule is C[C@@H](NC(=O)[C@@H]1C[C@](F)(CF)CN1C(=O)CNC(=O)c1ccc(Oc2ccc(F)cc2)cc1)C1=CCC(C(=N)N)S1. The molecule has 13 heteroatoms. The number of nitrogens with zero attached hydrogens (tertiary/aromatic N) is 1. The Hall–Kier alpha value is -4.00. The lowest BCUT2D eigenvalue weighted by molar-refractivity contribution is -0.137. The molecule has 2 aliphatic rings. The minimum atomic E-state index is -2.38. The van der Waals surface area contributed by atoms with Gasteiger partial charge < -0.3 is 26.0 Å². The Kier molecular flexibility index (Phi) is 9.26. The van der Waals surface area contributed by atoms with E-state index in [4.69, 9.17) is 15.9 Å². The summed E-state index contributed by atoms with van der Waals surface area (Å²) in [7, 11) is 0. The maximum Gasteiger partial charge on any atom is 0.251 e. The summed E-state index contributed by atoms with van der Waals surface area (Å²) in [4.78, 5) is 40.4. The van der Waals surface area contributed by atoms with E-state index in [2.05, 4.69) is 10.6 Å². The standard InChI is InChI=1S/C28H30F3N5O4S/c1-16(22-10-11-23(41-22)25(32)33)35-27(39)21-12-28(31,14-29)15-36(21)24(37)13-34-26(38)17-2-6-19(7-3-17)40-20-8-4-18(30)5-9-20/h2-10,16,21,23H,11-15H2,1H3,(H3,32,33)(H,34,38)(H,35,39)/t16-,21+,23?,28+/m1/s1. The highest BCUT2D eigenvalue weighted by Gasteiger charge is 2.49. The van der Waals surface area contributed by atoms with Crippen LogP contribution in [-0.4, -0.2) is 71.2 Å². The molecule has 0 saturated carbocycles. The molecule has 4 rings (SSSR count). The number of thioether (sulfide) groups is 1. The molecule has 2 aromatic carbocycles. The van der Waals surface area contributed by atoms with Crippen LogP contribution in [0.3, 0.4) is 0 Å². The van der Waals surface area contributed by atoms with Crippen molar-refractivity contribution in [1.82, 2.24) is 15.5 Å². The summed E-state index contributed by atoms with van der Waals surface area (Å²) in [5.74, 6) is -1.55. The first kappa shape index (κ1) is 30.0. The molecule has 0 spiro atoms. The van der Waals surface area contributed by atoms with E-state index >= 15 is 0 Å². The number of alkyl halides is 2. The average Bonchev–Trinajstić information content (AvgIpc) is 3.59. The van der Waals surface area contributed by atoms with Gasteiger partial charge in [-0.05, 0) is 61.9 Å². The molecule has 1 saturated heterocycles. The van der Waals surface area contributed by atoms with Crippen molar-refractivity contribution in [3.8, 4) is 11.5 Å². The van der Waals surface area contributed by atoms with Crippen LogP contribution in [0, 0.1) is 11.2 Å². The number of hydrogen-bond donors (Lipinski definition) is 4. The first-order valence-electron chi connectivity index (χ1n) is 12.8. The molecular formula is C28H30F3N5O4S. The van der Waals surface area contributed by atoms with Crippen molar-refractivity contribution in [3.05, 3.63) is 70.9 Å². The van der Waals surface area contributed by atoms with Crippen molar-refractivity contribution in [2.45, 2.75) is 42.8 Å². The molecule has 2 aromatic rings. The molecule has 9 nitrogen and oxygen atoms in total. The predicted octanol–water partition coefficient (Wildman–Crippen LogP) is 3.46. The molecule has 4 atom stereocenters. The zero-order chi connectivity index (χ0) is 29.7. The number of allylic oxidation sites excluding steroid dienone is 1. The van der Waals surface area contributed by atoms with Gasteiger partial charge in [-0.25, -0.2) is 13.2 Å². The van der Waals surface area contributed by atoms with Crippen LogP contribution in [-0.2, 0) is 9.59 Å². The number of rotatable bonds is 10. The summed E-state index contributed by atoms with van der Waals surface area (Å²) in [5, 5.41) is 12.6. The number of carbonyl (C=O) groups is 3. The second kappa shape index (κ2) is 12.7. The fourth-order valence-electron chi connectivity index (χ4n) is 4.54. The summed E-state index contributed by atoms with van der Waals surface area (Å²) in [6.45, 7) is -0.801. The molecule has 2 aliphatic heterocycles. The van der Waals surface area contributed by atoms with Crippen LogP contribution in [0.1, 0.15) is 30.1 Å². The van der Waals surface area contributed by atoms with Crippen LogP contribution in [0.4, 0.5) is 13.2 Å². The summed E-state index contributed by atoms with van der Waals surface area (Å²) in [6, 6.07) is 9.65. The maximum absolute atomic E-state index is 15.0. The summed E-state index contributed by atoms with van der Waals surface area (Å²) in [6.07, 6.45) is 1.89. The highest BCUT2D eigenvalue weighted by Crippen LogP contribution is 2.35. The molecule has 218 valence electrons. The van der Waals surface area contributed by atoms with Gasteiger partial charge in [-0.3, -0.25) is 19.8 Å². The first-order valence-corrected chi connectivity index (χ1v) is 13.7. The lowest BCUT2D eigenvalue weighted by atomic mass is 10.0. The van der Waals surface area contributed by atoms with Gasteiger partial charge in [-0.15, -0.1) is 11.8 Å². The van der Waals surface area contributed by atoms with Gasteiger partial charge in [0.15, 0.2) is 5.67 Å². The highest BCUT2D eigenvalue weighted by atomic mass is 32.2. The van der Waals surface area contributed by atoms with E-state index < -0.39 is 67.5 Å². The zero-order valence-corrected chi connectivity index (χ0v) is 23.0. The number of amidine groups is 1. The molecule has 0 aliphatic carbocycles. The molecule has 1 fully saturated rings. The Morgan fingerprint density at radius 1 is 1.17 bits per heavy atom. The molecule has 0 aromatic heterocycles. The smallest absolute Gasteiger partial charge is 0.251 e. The van der Waals surface area contributed by atoms with E-state index in [-0.39, 0.29) is 16.6 Å². The number of nitrogens with two attached hydrogens (primary N) is 1. The van der Waals surface area contributed by atoms with E-state index in [1.807, 2.05) is 6.08 Å². The fraction of sp³-hybridized carbons (Fsp3) is 0.357. The van der Waals surface area contributed by atoms with Gasteiger partial charge in [0.25, 0.3) is 5.91 Å². The van der Waals surface area contributed by atoms with Gasteiger partial charge in [0.1, 0.15) is 35.9 Å². The number of carbonyl (C=O) groups excluding carboxylic acids is 3. The lowest BCUT2D eigenvalue weighted by Gasteiger charge is -2.26. The Labute approximate surface area is 239 Å². The molecule has 3 amide bonds. The first-order chi connectivity index (χ1) is 19.5. The molecule has 2 heterocycles. The van der Waals surface area contributed by atoms with Crippen LogP contribution in [0.2, 0.25) is 0 Å². The van der Waals surface area contributed by atoms with Crippen LogP contribution in [0.25, 0.3) is 0 Å². The zero-order valence-electron chi connectivity index (χ0n) is 22.2. The minimum absolute atomic E-state index is 0.0221. The van der Waals surface area contributed by atoms with Crippen molar-refractivity contribution in [3.63, 3.8) is 0 Å². The topological polar surface area (TPSA) is 138 Å². The summed E-state index contributed by atoms with van der Waals surface area (Å²) < 4.78 is 47.2. The van der Waals surface area contributed by atoms with Gasteiger partial charge in [-0.2, -0.15) is 0 Å². The highest BCUT2D eigenvalue weighted by molar-refractivity contribution is 8.04. The Balaban J connectivity index is 1.34. The number of benzene rings is 2. The van der Waals surface area contributed by atoms with E-state index in [0.29, 0.717) is 17.9 Å². The average molecular weight is 590 g/mol. The number of likely N-dealkylation sites (tertiary alicyclic amines) is 1. The Morgan fingerprint density at radius 2 is 1.80 bits per heavy atom. The summed E-state index contributed by atoms with van der Waals surface area (Å²) in [5.41, 5.74) is 3.39. The lowest BCUT2D eigenvalue weighted by Crippen LogP contribution is -2.50. The normalized spacial score (nSPS) is 22.5. The second-order valence-electron chi connectivity index (χ2n) is 9.92. The van der Waals surface area contributed by atoms with Crippen molar-refractivity contribution >= 4 is 35.3 Å². The number of halogens is 3. The third kappa shape index (κ3) is 7.40. The molecule has 41 heavy (non-hydrogen) atoms. The maximum atomic E-state index is 15.0. The van der Waals surface area contributed by atoms with E-state index in [0.717, 1.165) is 9.81 Å². The quantitative estimate of drug-likeness (QED) is 0.248. The molecular weight excluding hydrogens is 559 g/mol. The predicted molar refractivity (Wildman–Crippen MR) is 149 cm³/mol. The third-order valence-electron chi connectivity index (χ3n) is 6.76. The number of hydrogen-bond acceptors (Lipinski definition) is 6. The van der Waals surface area contributed by atoms with E-state index in [1.165, 1.54) is 60.3 Å². The van der Waals surface area contributed by atoms with Gasteiger partial charge in [0, 0.05) is 16.9 Å². The fourth-order valence-corrected chi connectivity index (χ4v) is 5.64. The Morgan fingerprint density at radius 3 is 2.39 bits per heavy atom. The molecule has 1 unspecified atom stereocenters. The van der Waals surface area contributed by atoms with Gasteiger partial charge in [0.05, 0.1) is 24.4 Å². The minimum Gasteiger partial charge on any atom is -0.457 e. The monoisotopic (exact) mass is 589 g/mol. The van der Waals surface area contributed by atoms with Gasteiger partial charge in [-0.1, -0.05) is 6.08 Å². The largest absolute Gasteiger partial charge is 0.457 e. The number of ether oxygens (including phenoxy) is 1. The number of nitrogens with one attached hydrogen (secondary N) is 3. The van der Waals surface area contributed by atoms with Crippen molar-refractivity contribution in [2.75, 3.05) is 19.8 Å². The van der Waals surface area contributed by atoms with Gasteiger partial charge >= 0.3 is 0 Å². The van der Waals surface area contributed by atoms with Crippen LogP contribution >= 0.6 is 11.8 Å². The summed E-state index contributed by atoms with van der Waals surface area (Å²) >= 11 is 1.35. The van der Waals surface area contributed by atoms with Crippen LogP contribution in [0.15, 0.2) is 59.5 Å². The van der Waals surface area contributed by atoms with Crippen molar-refractivity contribution in [1.29, 1.82) is 5.41 Å². The van der Waals surface area contributed by atoms with Crippen LogP contribution < -0.4 is 21.1 Å². The number of amides is 3. The Bertz CT molecular complexity index is 1340. The van der Waals surface area contributed by atoms with Crippen molar-refractivity contribution in [2.24, 2.45) is 5.73 Å². The van der Waals surface area contributed by atoms with Crippen molar-refractivity contribution < 1.29 is 32.3 Å². The van der Waals surface area contributed by atoms with E-state index in [9.17, 15) is 27.6 Å². The molecule has 0 bridgehead atoms. The molecule has 5 N–H and O–H groups in total. The van der Waals surface area contributed by atoms with Crippen LogP contribution in [0.5, 0.6) is 11.5 Å². The van der Waals surface area contributed by atoms with E-state index in [1.54, 1.807) is 6.92 Å². The van der Waals surface area contributed by atoms with Gasteiger partial charge in [0.2, 0.25) is 11.8 Å². The molecule has 0 radical (unpaired) electrons. The second-order valence-corrected chi connectivity index (χ2v) is 11.2. The third-order valence-corrected chi connectivity index (χ3v) is 8.28.